The average molecular weight is 320 g/mol. The largest absolute Gasteiger partial charge is 0.459 e. The van der Waals surface area contributed by atoms with Crippen LogP contribution in [0.4, 0.5) is 11.4 Å². The fraction of sp³-hybridized carbons (Fsp3) is 0.0526. The molecule has 2 amide bonds. The summed E-state index contributed by atoms with van der Waals surface area (Å²) in [6, 6.07) is 17.5. The smallest absolute Gasteiger partial charge is 0.291 e. The summed E-state index contributed by atoms with van der Waals surface area (Å²) >= 11 is 0. The van der Waals surface area contributed by atoms with Crippen molar-refractivity contribution in [3.63, 3.8) is 0 Å². The molecule has 0 fully saturated rings. The van der Waals surface area contributed by atoms with E-state index >= 15 is 0 Å². The van der Waals surface area contributed by atoms with Gasteiger partial charge >= 0.3 is 0 Å². The van der Waals surface area contributed by atoms with Crippen molar-refractivity contribution in [1.29, 1.82) is 0 Å². The van der Waals surface area contributed by atoms with Crippen molar-refractivity contribution in [3.05, 3.63) is 83.8 Å². The highest BCUT2D eigenvalue weighted by Gasteiger charge is 2.11. The van der Waals surface area contributed by atoms with Crippen LogP contribution in [0.25, 0.3) is 0 Å². The van der Waals surface area contributed by atoms with Crippen LogP contribution in [-0.2, 0) is 0 Å². The molecule has 0 saturated heterocycles. The highest BCUT2D eigenvalue weighted by atomic mass is 16.3. The van der Waals surface area contributed by atoms with Gasteiger partial charge in [-0.2, -0.15) is 0 Å². The number of anilines is 2. The minimum Gasteiger partial charge on any atom is -0.459 e. The maximum absolute atomic E-state index is 12.3. The van der Waals surface area contributed by atoms with Crippen LogP contribution in [0, 0.1) is 6.92 Å². The number of amides is 2. The molecule has 5 heteroatoms. The van der Waals surface area contributed by atoms with Gasteiger partial charge in [0, 0.05) is 16.9 Å². The number of benzene rings is 2. The summed E-state index contributed by atoms with van der Waals surface area (Å²) in [4.78, 5) is 24.3. The molecule has 1 heterocycles. The molecule has 0 unspecified atom stereocenters. The van der Waals surface area contributed by atoms with Crippen LogP contribution in [0.15, 0.2) is 71.3 Å². The number of carbonyl (C=O) groups is 2. The SMILES string of the molecule is Cc1ccc(NC(=O)c2cccc(NC(=O)c3ccco3)c2)cc1. The van der Waals surface area contributed by atoms with Crippen LogP contribution in [0.1, 0.15) is 26.5 Å². The number of rotatable bonds is 4. The fourth-order valence-corrected chi connectivity index (χ4v) is 2.18. The van der Waals surface area contributed by atoms with Crippen LogP contribution in [0.3, 0.4) is 0 Å². The first kappa shape index (κ1) is 15.6. The Labute approximate surface area is 139 Å². The van der Waals surface area contributed by atoms with Gasteiger partial charge in [0.15, 0.2) is 5.76 Å². The van der Waals surface area contributed by atoms with Crippen LogP contribution >= 0.6 is 0 Å². The minimum absolute atomic E-state index is 0.213. The van der Waals surface area contributed by atoms with Crippen LogP contribution in [0.5, 0.6) is 0 Å². The summed E-state index contributed by atoms with van der Waals surface area (Å²) in [7, 11) is 0. The molecule has 2 N–H and O–H groups in total. The van der Waals surface area contributed by atoms with Crippen LogP contribution in [0.2, 0.25) is 0 Å². The predicted molar refractivity (Wildman–Crippen MR) is 92.2 cm³/mol. The average Bonchev–Trinajstić information content (AvgIpc) is 3.12. The second-order valence-electron chi connectivity index (χ2n) is 5.33. The minimum atomic E-state index is -0.365. The normalized spacial score (nSPS) is 10.2. The molecule has 0 aliphatic heterocycles. The van der Waals surface area contributed by atoms with E-state index in [0.717, 1.165) is 11.3 Å². The molecule has 0 bridgehead atoms. The lowest BCUT2D eigenvalue weighted by Crippen LogP contribution is -2.14. The first-order valence-electron chi connectivity index (χ1n) is 7.45. The number of hydrogen-bond acceptors (Lipinski definition) is 3. The van der Waals surface area contributed by atoms with Crippen molar-refractivity contribution in [1.82, 2.24) is 0 Å². The number of carbonyl (C=O) groups excluding carboxylic acids is 2. The monoisotopic (exact) mass is 320 g/mol. The van der Waals surface area contributed by atoms with Gasteiger partial charge < -0.3 is 15.1 Å². The molecule has 120 valence electrons. The molecule has 1 aromatic heterocycles. The fourth-order valence-electron chi connectivity index (χ4n) is 2.18. The molecule has 2 aromatic carbocycles. The number of furan rings is 1. The van der Waals surface area contributed by atoms with E-state index in [9.17, 15) is 9.59 Å². The molecule has 3 rings (SSSR count). The molecule has 0 aliphatic carbocycles. The molecule has 0 aliphatic rings. The Morgan fingerprint density at radius 2 is 1.58 bits per heavy atom. The lowest BCUT2D eigenvalue weighted by atomic mass is 10.1. The Morgan fingerprint density at radius 1 is 0.833 bits per heavy atom. The van der Waals surface area contributed by atoms with Crippen LogP contribution < -0.4 is 10.6 Å². The van der Waals surface area contributed by atoms with Gasteiger partial charge in [-0.15, -0.1) is 0 Å². The van der Waals surface area contributed by atoms with Gasteiger partial charge in [0.1, 0.15) is 0 Å². The van der Waals surface area contributed by atoms with Gasteiger partial charge in [0.25, 0.3) is 11.8 Å². The van der Waals surface area contributed by atoms with Gasteiger partial charge in [-0.25, -0.2) is 0 Å². The maximum atomic E-state index is 12.3. The van der Waals surface area contributed by atoms with Crippen molar-refractivity contribution >= 4 is 23.2 Å². The van der Waals surface area contributed by atoms with E-state index in [1.807, 2.05) is 31.2 Å². The lowest BCUT2D eigenvalue weighted by molar-refractivity contribution is 0.0993. The Bertz CT molecular complexity index is 853. The molecule has 0 spiro atoms. The zero-order valence-corrected chi connectivity index (χ0v) is 13.1. The highest BCUT2D eigenvalue weighted by Crippen LogP contribution is 2.15. The summed E-state index contributed by atoms with van der Waals surface area (Å²) in [5.74, 6) is -0.395. The lowest BCUT2D eigenvalue weighted by Gasteiger charge is -2.08. The molecule has 3 aromatic rings. The van der Waals surface area contributed by atoms with E-state index < -0.39 is 0 Å². The summed E-state index contributed by atoms with van der Waals surface area (Å²) in [6.07, 6.45) is 1.43. The van der Waals surface area contributed by atoms with Gasteiger partial charge in [0.05, 0.1) is 6.26 Å². The molecule has 0 radical (unpaired) electrons. The summed E-state index contributed by atoms with van der Waals surface area (Å²) in [5.41, 5.74) is 2.81. The van der Waals surface area contributed by atoms with Crippen LogP contribution in [-0.4, -0.2) is 11.8 Å². The second kappa shape index (κ2) is 6.83. The van der Waals surface area contributed by atoms with Crippen molar-refractivity contribution < 1.29 is 14.0 Å². The van der Waals surface area contributed by atoms with Crippen molar-refractivity contribution in [3.8, 4) is 0 Å². The zero-order chi connectivity index (χ0) is 16.9. The van der Waals surface area contributed by atoms with E-state index in [2.05, 4.69) is 10.6 Å². The third-order valence-corrected chi connectivity index (χ3v) is 3.44. The van der Waals surface area contributed by atoms with Crippen molar-refractivity contribution in [2.75, 3.05) is 10.6 Å². The standard InChI is InChI=1S/C19H16N2O3/c1-13-7-9-15(10-8-13)20-18(22)14-4-2-5-16(12-14)21-19(23)17-6-3-11-24-17/h2-12H,1H3,(H,20,22)(H,21,23). The molecular formula is C19H16N2O3. The number of aryl methyl sites for hydroxylation is 1. The van der Waals surface area contributed by atoms with E-state index in [-0.39, 0.29) is 17.6 Å². The van der Waals surface area contributed by atoms with E-state index in [4.69, 9.17) is 4.42 Å². The Morgan fingerprint density at radius 3 is 2.29 bits per heavy atom. The second-order valence-corrected chi connectivity index (χ2v) is 5.33. The Hall–Kier alpha value is -3.34. The van der Waals surface area contributed by atoms with Gasteiger partial charge in [0.2, 0.25) is 0 Å². The molecule has 0 saturated carbocycles. The molecule has 24 heavy (non-hydrogen) atoms. The summed E-state index contributed by atoms with van der Waals surface area (Å²) < 4.78 is 5.04. The summed E-state index contributed by atoms with van der Waals surface area (Å²) in [6.45, 7) is 1.98. The van der Waals surface area contributed by atoms with Crippen molar-refractivity contribution in [2.24, 2.45) is 0 Å². The highest BCUT2D eigenvalue weighted by molar-refractivity contribution is 6.06. The summed E-state index contributed by atoms with van der Waals surface area (Å²) in [5, 5.41) is 5.52. The molecular weight excluding hydrogens is 304 g/mol. The van der Waals surface area contributed by atoms with Gasteiger partial charge in [-0.05, 0) is 49.4 Å². The Kier molecular flexibility index (Phi) is 4.43. The third kappa shape index (κ3) is 3.70. The third-order valence-electron chi connectivity index (χ3n) is 3.44. The maximum Gasteiger partial charge on any atom is 0.291 e. The van der Waals surface area contributed by atoms with Gasteiger partial charge in [-0.1, -0.05) is 23.8 Å². The predicted octanol–water partition coefficient (Wildman–Crippen LogP) is 4.09. The van der Waals surface area contributed by atoms with E-state index in [1.54, 1.807) is 36.4 Å². The van der Waals surface area contributed by atoms with Crippen molar-refractivity contribution in [2.45, 2.75) is 6.92 Å². The van der Waals surface area contributed by atoms with E-state index in [0.29, 0.717) is 11.3 Å². The quantitative estimate of drug-likeness (QED) is 0.760. The number of hydrogen-bond donors (Lipinski definition) is 2. The zero-order valence-electron chi connectivity index (χ0n) is 13.1. The van der Waals surface area contributed by atoms with E-state index in [1.165, 1.54) is 6.26 Å². The topological polar surface area (TPSA) is 71.3 Å². The number of nitrogens with one attached hydrogen (secondary N) is 2. The molecule has 5 nitrogen and oxygen atoms in total. The van der Waals surface area contributed by atoms with Gasteiger partial charge in [-0.3, -0.25) is 9.59 Å². The first-order valence-corrected chi connectivity index (χ1v) is 7.45. The molecule has 0 atom stereocenters. The first-order chi connectivity index (χ1) is 11.6. The Balaban J connectivity index is 1.71.